The summed E-state index contributed by atoms with van der Waals surface area (Å²) in [6, 6.07) is 6.29. The number of thioether (sulfide) groups is 1. The molecule has 0 aliphatic rings. The molecule has 0 amide bonds. The van der Waals surface area contributed by atoms with Crippen LogP contribution in [-0.4, -0.2) is 25.5 Å². The maximum absolute atomic E-state index is 6.19. The van der Waals surface area contributed by atoms with E-state index in [2.05, 4.69) is 12.1 Å². The van der Waals surface area contributed by atoms with Gasteiger partial charge in [0.25, 0.3) is 0 Å². The normalized spacial score (nSPS) is 12.8. The molecule has 0 saturated heterocycles. The van der Waals surface area contributed by atoms with E-state index in [1.165, 1.54) is 4.90 Å². The standard InChI is InChI=1S/C12H18ClNOS/c1-9(14)7-10-3-4-11(8-12(10)13)16-6-5-15-2/h3-4,8-9H,5-7,14H2,1-2H3. The minimum Gasteiger partial charge on any atom is -0.384 e. The molecule has 90 valence electrons. The molecule has 0 aliphatic heterocycles. The van der Waals surface area contributed by atoms with Gasteiger partial charge in [-0.1, -0.05) is 17.7 Å². The maximum atomic E-state index is 6.19. The summed E-state index contributed by atoms with van der Waals surface area (Å²) in [5, 5.41) is 0.805. The molecular formula is C12H18ClNOS. The number of ether oxygens (including phenoxy) is 1. The van der Waals surface area contributed by atoms with E-state index >= 15 is 0 Å². The maximum Gasteiger partial charge on any atom is 0.0556 e. The highest BCUT2D eigenvalue weighted by molar-refractivity contribution is 7.99. The van der Waals surface area contributed by atoms with E-state index in [4.69, 9.17) is 22.1 Å². The van der Waals surface area contributed by atoms with Crippen LogP contribution >= 0.6 is 23.4 Å². The summed E-state index contributed by atoms with van der Waals surface area (Å²) in [5.74, 6) is 0.944. The smallest absolute Gasteiger partial charge is 0.0556 e. The first kappa shape index (κ1) is 13.8. The third-order valence-corrected chi connectivity index (χ3v) is 3.43. The Morgan fingerprint density at radius 1 is 1.50 bits per heavy atom. The molecule has 0 fully saturated rings. The number of hydrogen-bond acceptors (Lipinski definition) is 3. The van der Waals surface area contributed by atoms with E-state index in [9.17, 15) is 0 Å². The summed E-state index contributed by atoms with van der Waals surface area (Å²) in [5.41, 5.74) is 6.87. The highest BCUT2D eigenvalue weighted by Gasteiger charge is 2.04. The first-order chi connectivity index (χ1) is 7.63. The van der Waals surface area contributed by atoms with Gasteiger partial charge in [0.2, 0.25) is 0 Å². The molecule has 4 heteroatoms. The summed E-state index contributed by atoms with van der Waals surface area (Å²) in [7, 11) is 1.71. The Morgan fingerprint density at radius 2 is 2.25 bits per heavy atom. The van der Waals surface area contributed by atoms with E-state index in [0.717, 1.165) is 29.4 Å². The highest BCUT2D eigenvalue weighted by atomic mass is 35.5. The lowest BCUT2D eigenvalue weighted by Crippen LogP contribution is -2.17. The molecule has 0 aromatic heterocycles. The van der Waals surface area contributed by atoms with E-state index in [1.54, 1.807) is 18.9 Å². The summed E-state index contributed by atoms with van der Waals surface area (Å²) in [4.78, 5) is 1.18. The second-order valence-corrected chi connectivity index (χ2v) is 5.35. The van der Waals surface area contributed by atoms with E-state index in [1.807, 2.05) is 13.0 Å². The Hall–Kier alpha value is -0.220. The van der Waals surface area contributed by atoms with Crippen molar-refractivity contribution in [2.24, 2.45) is 5.73 Å². The van der Waals surface area contributed by atoms with Gasteiger partial charge in [0.15, 0.2) is 0 Å². The van der Waals surface area contributed by atoms with Gasteiger partial charge in [0.1, 0.15) is 0 Å². The van der Waals surface area contributed by atoms with E-state index in [0.29, 0.717) is 0 Å². The van der Waals surface area contributed by atoms with Crippen molar-refractivity contribution in [1.82, 2.24) is 0 Å². The Labute approximate surface area is 107 Å². The molecule has 0 aliphatic carbocycles. The molecule has 1 unspecified atom stereocenters. The van der Waals surface area contributed by atoms with Gasteiger partial charge in [-0.3, -0.25) is 0 Å². The van der Waals surface area contributed by atoms with Crippen molar-refractivity contribution < 1.29 is 4.74 Å². The zero-order chi connectivity index (χ0) is 12.0. The Morgan fingerprint density at radius 3 is 2.81 bits per heavy atom. The SMILES string of the molecule is COCCSc1ccc(CC(C)N)c(Cl)c1. The Bertz CT molecular complexity index is 331. The number of halogens is 1. The lowest BCUT2D eigenvalue weighted by atomic mass is 10.1. The molecule has 2 nitrogen and oxygen atoms in total. The van der Waals surface area contributed by atoms with Crippen molar-refractivity contribution >= 4 is 23.4 Å². The van der Waals surface area contributed by atoms with Crippen molar-refractivity contribution in [1.29, 1.82) is 0 Å². The van der Waals surface area contributed by atoms with E-state index < -0.39 is 0 Å². The Balaban J connectivity index is 2.60. The van der Waals surface area contributed by atoms with Crippen LogP contribution in [0.4, 0.5) is 0 Å². The van der Waals surface area contributed by atoms with Crippen LogP contribution in [0, 0.1) is 0 Å². The van der Waals surface area contributed by atoms with Crippen molar-refractivity contribution in [2.45, 2.75) is 24.3 Å². The summed E-state index contributed by atoms with van der Waals surface area (Å²) >= 11 is 7.93. The van der Waals surface area contributed by atoms with Crippen molar-refractivity contribution in [2.75, 3.05) is 19.5 Å². The van der Waals surface area contributed by atoms with Crippen molar-refractivity contribution in [3.63, 3.8) is 0 Å². The third kappa shape index (κ3) is 4.74. The second-order valence-electron chi connectivity index (χ2n) is 3.78. The topological polar surface area (TPSA) is 35.2 Å². The van der Waals surface area contributed by atoms with Crippen LogP contribution in [0.3, 0.4) is 0 Å². The quantitative estimate of drug-likeness (QED) is 0.630. The van der Waals surface area contributed by atoms with Gasteiger partial charge in [-0.05, 0) is 31.0 Å². The molecule has 1 rings (SSSR count). The first-order valence-electron chi connectivity index (χ1n) is 5.29. The fourth-order valence-electron chi connectivity index (χ4n) is 1.37. The van der Waals surface area contributed by atoms with Crippen LogP contribution in [-0.2, 0) is 11.2 Å². The summed E-state index contributed by atoms with van der Waals surface area (Å²) in [6.45, 7) is 2.74. The van der Waals surface area contributed by atoms with Crippen LogP contribution in [0.15, 0.2) is 23.1 Å². The molecule has 0 spiro atoms. The lowest BCUT2D eigenvalue weighted by Gasteiger charge is -2.09. The highest BCUT2D eigenvalue weighted by Crippen LogP contribution is 2.25. The molecule has 1 aromatic carbocycles. The molecule has 0 saturated carbocycles. The minimum absolute atomic E-state index is 0.143. The van der Waals surface area contributed by atoms with Crippen LogP contribution in [0.1, 0.15) is 12.5 Å². The Kier molecular flexibility index (Phi) is 6.21. The molecule has 1 atom stereocenters. The van der Waals surface area contributed by atoms with Crippen molar-refractivity contribution in [3.05, 3.63) is 28.8 Å². The van der Waals surface area contributed by atoms with Gasteiger partial charge >= 0.3 is 0 Å². The third-order valence-electron chi connectivity index (χ3n) is 2.12. The molecule has 16 heavy (non-hydrogen) atoms. The van der Waals surface area contributed by atoms with E-state index in [-0.39, 0.29) is 6.04 Å². The molecule has 1 aromatic rings. The van der Waals surface area contributed by atoms with Gasteiger partial charge in [0.05, 0.1) is 6.61 Å². The summed E-state index contributed by atoms with van der Waals surface area (Å²) in [6.07, 6.45) is 0.821. The molecule has 0 bridgehead atoms. The zero-order valence-electron chi connectivity index (χ0n) is 9.70. The largest absolute Gasteiger partial charge is 0.384 e. The van der Waals surface area contributed by atoms with Crippen LogP contribution in [0.2, 0.25) is 5.02 Å². The second kappa shape index (κ2) is 7.17. The molecular weight excluding hydrogens is 242 g/mol. The number of nitrogens with two attached hydrogens (primary N) is 1. The predicted octanol–water partition coefficient (Wildman–Crippen LogP) is 2.97. The molecule has 2 N–H and O–H groups in total. The van der Waals surface area contributed by atoms with Gasteiger partial charge in [-0.2, -0.15) is 0 Å². The lowest BCUT2D eigenvalue weighted by molar-refractivity contribution is 0.218. The predicted molar refractivity (Wildman–Crippen MR) is 71.4 cm³/mol. The molecule has 0 radical (unpaired) electrons. The fourth-order valence-corrected chi connectivity index (χ4v) is 2.55. The van der Waals surface area contributed by atoms with Crippen molar-refractivity contribution in [3.8, 4) is 0 Å². The minimum atomic E-state index is 0.143. The zero-order valence-corrected chi connectivity index (χ0v) is 11.3. The average Bonchev–Trinajstić information content (AvgIpc) is 2.22. The van der Waals surface area contributed by atoms with Crippen LogP contribution in [0.5, 0.6) is 0 Å². The average molecular weight is 260 g/mol. The van der Waals surface area contributed by atoms with Gasteiger partial charge in [-0.25, -0.2) is 0 Å². The number of methoxy groups -OCH3 is 1. The number of rotatable bonds is 6. The number of hydrogen-bond donors (Lipinski definition) is 1. The van der Waals surface area contributed by atoms with Gasteiger partial charge in [-0.15, -0.1) is 11.8 Å². The van der Waals surface area contributed by atoms with Crippen LogP contribution < -0.4 is 5.73 Å². The molecule has 0 heterocycles. The fraction of sp³-hybridized carbons (Fsp3) is 0.500. The van der Waals surface area contributed by atoms with Crippen LogP contribution in [0.25, 0.3) is 0 Å². The summed E-state index contributed by atoms with van der Waals surface area (Å²) < 4.78 is 5.00. The monoisotopic (exact) mass is 259 g/mol. The number of benzene rings is 1. The first-order valence-corrected chi connectivity index (χ1v) is 6.65. The van der Waals surface area contributed by atoms with Gasteiger partial charge in [0, 0.05) is 28.8 Å². The van der Waals surface area contributed by atoms with Gasteiger partial charge < -0.3 is 10.5 Å².